The van der Waals surface area contributed by atoms with Gasteiger partial charge in [-0.15, -0.1) is 0 Å². The summed E-state index contributed by atoms with van der Waals surface area (Å²) in [6, 6.07) is 13.4. The Hall–Kier alpha value is -3.35. The Morgan fingerprint density at radius 1 is 0.963 bits per heavy atom. The summed E-state index contributed by atoms with van der Waals surface area (Å²) in [4.78, 5) is 35.7. The molecule has 7 nitrogen and oxygen atoms in total. The van der Waals surface area contributed by atoms with Crippen LogP contribution in [-0.4, -0.2) is 37.9 Å². The van der Waals surface area contributed by atoms with Crippen LogP contribution >= 0.6 is 0 Å². The first kappa shape index (κ1) is 20.0. The lowest BCUT2D eigenvalue weighted by molar-refractivity contribution is -0.119. The molecule has 0 bridgehead atoms. The van der Waals surface area contributed by atoms with Gasteiger partial charge in [0.05, 0.1) is 18.7 Å². The summed E-state index contributed by atoms with van der Waals surface area (Å²) >= 11 is 0. The van der Waals surface area contributed by atoms with E-state index in [-0.39, 0.29) is 24.3 Å². The monoisotopic (exact) mass is 369 g/mol. The van der Waals surface area contributed by atoms with E-state index >= 15 is 0 Å². The van der Waals surface area contributed by atoms with Crippen LogP contribution in [0.4, 0.5) is 5.69 Å². The highest BCUT2D eigenvalue weighted by Crippen LogP contribution is 2.20. The average molecular weight is 369 g/mol. The van der Waals surface area contributed by atoms with Gasteiger partial charge in [-0.2, -0.15) is 0 Å². The van der Waals surface area contributed by atoms with Crippen molar-refractivity contribution in [2.45, 2.75) is 13.3 Å². The van der Waals surface area contributed by atoms with Crippen LogP contribution < -0.4 is 20.7 Å². The van der Waals surface area contributed by atoms with Gasteiger partial charge in [0.25, 0.3) is 11.8 Å². The summed E-state index contributed by atoms with van der Waals surface area (Å²) in [5, 5.41) is 7.72. The maximum absolute atomic E-state index is 12.5. The minimum Gasteiger partial charge on any atom is -0.493 e. The second-order valence-corrected chi connectivity index (χ2v) is 5.73. The summed E-state index contributed by atoms with van der Waals surface area (Å²) in [7, 11) is 1.50. The number of likely N-dealkylation sites (N-methyl/N-ethyl adjacent to an activating group) is 1. The number of hydrogen-bond donors (Lipinski definition) is 3. The van der Waals surface area contributed by atoms with Gasteiger partial charge >= 0.3 is 0 Å². The van der Waals surface area contributed by atoms with Crippen LogP contribution in [-0.2, 0) is 4.79 Å². The fraction of sp³-hybridized carbons (Fsp3) is 0.250. The minimum atomic E-state index is -0.366. The Bertz CT molecular complexity index is 803. The molecule has 27 heavy (non-hydrogen) atoms. The number of carbonyl (C=O) groups is 3. The molecule has 0 aliphatic rings. The molecule has 7 heteroatoms. The van der Waals surface area contributed by atoms with E-state index in [2.05, 4.69) is 16.0 Å². The second kappa shape index (κ2) is 9.96. The Balaban J connectivity index is 2.01. The summed E-state index contributed by atoms with van der Waals surface area (Å²) < 4.78 is 5.60. The standard InChI is InChI=1S/C20H23N3O4/c1-3-12-27-17-7-5-4-6-16(17)20(26)23-15-10-8-14(9-11-15)19(25)22-13-18(24)21-2/h4-11H,3,12-13H2,1-2H3,(H,21,24)(H,22,25)(H,23,26). The molecule has 0 aliphatic heterocycles. The number of anilines is 1. The van der Waals surface area contributed by atoms with Crippen molar-refractivity contribution in [2.75, 3.05) is 25.5 Å². The SMILES string of the molecule is CCCOc1ccccc1C(=O)Nc1ccc(C(=O)NCC(=O)NC)cc1. The number of carbonyl (C=O) groups excluding carboxylic acids is 3. The highest BCUT2D eigenvalue weighted by molar-refractivity contribution is 6.06. The van der Waals surface area contributed by atoms with Crippen molar-refractivity contribution in [3.05, 3.63) is 59.7 Å². The molecule has 0 saturated heterocycles. The molecule has 142 valence electrons. The number of benzene rings is 2. The van der Waals surface area contributed by atoms with Gasteiger partial charge in [0.2, 0.25) is 5.91 Å². The smallest absolute Gasteiger partial charge is 0.259 e. The zero-order valence-corrected chi connectivity index (χ0v) is 15.4. The zero-order chi connectivity index (χ0) is 19.6. The van der Waals surface area contributed by atoms with Gasteiger partial charge in [0.15, 0.2) is 0 Å². The van der Waals surface area contributed by atoms with Crippen molar-refractivity contribution < 1.29 is 19.1 Å². The third-order valence-electron chi connectivity index (χ3n) is 3.69. The summed E-state index contributed by atoms with van der Waals surface area (Å²) in [6.07, 6.45) is 0.847. The van der Waals surface area contributed by atoms with E-state index in [1.54, 1.807) is 42.5 Å². The molecule has 0 fully saturated rings. The number of amides is 3. The molecule has 2 rings (SSSR count). The van der Waals surface area contributed by atoms with Crippen molar-refractivity contribution >= 4 is 23.4 Å². The van der Waals surface area contributed by atoms with Crippen molar-refractivity contribution in [3.63, 3.8) is 0 Å². The normalized spacial score (nSPS) is 10.0. The zero-order valence-electron chi connectivity index (χ0n) is 15.4. The van der Waals surface area contributed by atoms with Crippen molar-refractivity contribution in [3.8, 4) is 5.75 Å². The maximum atomic E-state index is 12.5. The van der Waals surface area contributed by atoms with Gasteiger partial charge in [-0.3, -0.25) is 14.4 Å². The fourth-order valence-electron chi connectivity index (χ4n) is 2.25. The number of rotatable bonds is 8. The lowest BCUT2D eigenvalue weighted by Crippen LogP contribution is -2.35. The quantitative estimate of drug-likeness (QED) is 0.665. The lowest BCUT2D eigenvalue weighted by atomic mass is 10.1. The maximum Gasteiger partial charge on any atom is 0.259 e. The molecular formula is C20H23N3O4. The molecule has 0 saturated carbocycles. The summed E-state index contributed by atoms with van der Waals surface area (Å²) in [6.45, 7) is 2.43. The molecule has 0 atom stereocenters. The highest BCUT2D eigenvalue weighted by atomic mass is 16.5. The van der Waals surface area contributed by atoms with Crippen molar-refractivity contribution in [1.82, 2.24) is 10.6 Å². The largest absolute Gasteiger partial charge is 0.493 e. The first-order valence-electron chi connectivity index (χ1n) is 8.67. The van der Waals surface area contributed by atoms with Gasteiger partial charge in [-0.1, -0.05) is 19.1 Å². The third kappa shape index (κ3) is 5.85. The first-order chi connectivity index (χ1) is 13.0. The fourth-order valence-corrected chi connectivity index (χ4v) is 2.25. The molecule has 2 aromatic carbocycles. The van der Waals surface area contributed by atoms with Crippen LogP contribution in [0.25, 0.3) is 0 Å². The van der Waals surface area contributed by atoms with E-state index in [4.69, 9.17) is 4.74 Å². The van der Waals surface area contributed by atoms with E-state index in [0.717, 1.165) is 6.42 Å². The van der Waals surface area contributed by atoms with Gasteiger partial charge in [-0.25, -0.2) is 0 Å². The van der Waals surface area contributed by atoms with E-state index in [1.807, 2.05) is 13.0 Å². The van der Waals surface area contributed by atoms with Crippen LogP contribution in [0.15, 0.2) is 48.5 Å². The van der Waals surface area contributed by atoms with Crippen LogP contribution in [0.3, 0.4) is 0 Å². The van der Waals surface area contributed by atoms with E-state index in [9.17, 15) is 14.4 Å². The Morgan fingerprint density at radius 2 is 1.67 bits per heavy atom. The molecule has 0 aliphatic carbocycles. The predicted octanol–water partition coefficient (Wildman–Crippen LogP) is 2.20. The van der Waals surface area contributed by atoms with Crippen LogP contribution in [0.2, 0.25) is 0 Å². The molecule has 0 radical (unpaired) electrons. The van der Waals surface area contributed by atoms with Gasteiger partial charge in [-0.05, 0) is 42.8 Å². The molecule has 0 spiro atoms. The predicted molar refractivity (Wildman–Crippen MR) is 103 cm³/mol. The van der Waals surface area contributed by atoms with Gasteiger partial charge in [0, 0.05) is 18.3 Å². The number of ether oxygens (including phenoxy) is 1. The summed E-state index contributed by atoms with van der Waals surface area (Å²) in [5.41, 5.74) is 1.38. The topological polar surface area (TPSA) is 96.5 Å². The van der Waals surface area contributed by atoms with Crippen LogP contribution in [0.5, 0.6) is 5.75 Å². The lowest BCUT2D eigenvalue weighted by Gasteiger charge is -2.11. The van der Waals surface area contributed by atoms with Crippen LogP contribution in [0.1, 0.15) is 34.1 Å². The van der Waals surface area contributed by atoms with E-state index < -0.39 is 0 Å². The molecule has 0 heterocycles. The van der Waals surface area contributed by atoms with Crippen molar-refractivity contribution in [1.29, 1.82) is 0 Å². The number of hydrogen-bond acceptors (Lipinski definition) is 4. The van der Waals surface area contributed by atoms with Crippen LogP contribution in [0, 0.1) is 0 Å². The van der Waals surface area contributed by atoms with E-state index in [0.29, 0.717) is 29.2 Å². The summed E-state index contributed by atoms with van der Waals surface area (Å²) in [5.74, 6) is -0.411. The molecular weight excluding hydrogens is 346 g/mol. The first-order valence-corrected chi connectivity index (χ1v) is 8.67. The molecule has 2 aromatic rings. The molecule has 0 unspecified atom stereocenters. The van der Waals surface area contributed by atoms with Gasteiger partial charge in [0.1, 0.15) is 5.75 Å². The Morgan fingerprint density at radius 3 is 2.33 bits per heavy atom. The average Bonchev–Trinajstić information content (AvgIpc) is 2.70. The molecule has 3 amide bonds. The number of para-hydroxylation sites is 1. The Labute approximate surface area is 158 Å². The Kier molecular flexibility index (Phi) is 7.37. The van der Waals surface area contributed by atoms with E-state index in [1.165, 1.54) is 7.05 Å². The van der Waals surface area contributed by atoms with Crippen molar-refractivity contribution in [2.24, 2.45) is 0 Å². The van der Waals surface area contributed by atoms with Gasteiger partial charge < -0.3 is 20.7 Å². The second-order valence-electron chi connectivity index (χ2n) is 5.73. The highest BCUT2D eigenvalue weighted by Gasteiger charge is 2.13. The minimum absolute atomic E-state index is 0.0949. The third-order valence-corrected chi connectivity index (χ3v) is 3.69. The molecule has 0 aromatic heterocycles. The molecule has 3 N–H and O–H groups in total. The number of nitrogens with one attached hydrogen (secondary N) is 3.